The largest absolute Gasteiger partial charge is 0.464 e. The third-order valence-corrected chi connectivity index (χ3v) is 2.52. The maximum Gasteiger partial charge on any atom is 0.416 e. The van der Waals surface area contributed by atoms with E-state index in [0.717, 1.165) is 10.9 Å². The molecule has 1 aromatic heterocycles. The summed E-state index contributed by atoms with van der Waals surface area (Å²) in [4.78, 5) is 10.2. The highest BCUT2D eigenvalue weighted by atomic mass is 32.2. The van der Waals surface area contributed by atoms with Gasteiger partial charge >= 0.3 is 6.09 Å². The second-order valence-electron chi connectivity index (χ2n) is 2.29. The van der Waals surface area contributed by atoms with E-state index in [1.807, 2.05) is 0 Å². The summed E-state index contributed by atoms with van der Waals surface area (Å²) in [5, 5.41) is 11.6. The summed E-state index contributed by atoms with van der Waals surface area (Å²) in [5.74, 6) is -0.793. The number of carbonyl (C=O) groups is 1. The summed E-state index contributed by atoms with van der Waals surface area (Å²) in [5.41, 5.74) is 0. The molecule has 1 atom stereocenters. The lowest BCUT2D eigenvalue weighted by Crippen LogP contribution is -2.26. The van der Waals surface area contributed by atoms with Crippen molar-refractivity contribution in [2.24, 2.45) is 0 Å². The van der Waals surface area contributed by atoms with Crippen LogP contribution in [0.15, 0.2) is 11.2 Å². The number of hydrogen-bond donors (Lipinski definition) is 2. The van der Waals surface area contributed by atoms with E-state index in [1.54, 1.807) is 11.6 Å². The number of aromatic nitrogens is 2. The standard InChI is InChI=1S/C6H8FN3O3S/c1-2-10-5(4(7)3-8-10)14(13)9-6(11)12/h3,9H,2H2,1H3,(H,11,12). The number of amides is 1. The molecule has 0 aromatic carbocycles. The van der Waals surface area contributed by atoms with E-state index in [-0.39, 0.29) is 5.03 Å². The maximum atomic E-state index is 13.0. The fourth-order valence-electron chi connectivity index (χ4n) is 0.888. The lowest BCUT2D eigenvalue weighted by atomic mass is 10.7. The van der Waals surface area contributed by atoms with Gasteiger partial charge < -0.3 is 5.11 Å². The van der Waals surface area contributed by atoms with Crippen molar-refractivity contribution in [1.29, 1.82) is 0 Å². The highest BCUT2D eigenvalue weighted by Crippen LogP contribution is 2.09. The molecule has 0 spiro atoms. The number of nitrogens with zero attached hydrogens (tertiary/aromatic N) is 2. The molecule has 2 N–H and O–H groups in total. The van der Waals surface area contributed by atoms with Gasteiger partial charge in [0, 0.05) is 6.54 Å². The normalized spacial score (nSPS) is 12.4. The molecular weight excluding hydrogens is 213 g/mol. The molecule has 1 aromatic rings. The third kappa shape index (κ3) is 2.08. The summed E-state index contributed by atoms with van der Waals surface area (Å²) >= 11 is 0. The van der Waals surface area contributed by atoms with E-state index >= 15 is 0 Å². The SMILES string of the molecule is CCn1ncc(F)c1S(=O)NC(=O)O. The Hall–Kier alpha value is -1.44. The Balaban J connectivity index is 2.98. The highest BCUT2D eigenvalue weighted by molar-refractivity contribution is 7.83. The summed E-state index contributed by atoms with van der Waals surface area (Å²) < 4.78 is 27.0. The number of rotatable bonds is 3. The van der Waals surface area contributed by atoms with Gasteiger partial charge in [-0.3, -0.25) is 4.68 Å². The molecule has 8 heteroatoms. The van der Waals surface area contributed by atoms with Crippen LogP contribution in [0.4, 0.5) is 9.18 Å². The number of carboxylic acid groups (broad SMARTS) is 1. The third-order valence-electron chi connectivity index (χ3n) is 1.40. The topological polar surface area (TPSA) is 84.2 Å². The van der Waals surface area contributed by atoms with Gasteiger partial charge in [-0.25, -0.2) is 18.1 Å². The van der Waals surface area contributed by atoms with E-state index in [0.29, 0.717) is 6.54 Å². The molecule has 14 heavy (non-hydrogen) atoms. The second-order valence-corrected chi connectivity index (χ2v) is 3.42. The van der Waals surface area contributed by atoms with Crippen molar-refractivity contribution < 1.29 is 18.5 Å². The monoisotopic (exact) mass is 221 g/mol. The Labute approximate surface area is 81.3 Å². The van der Waals surface area contributed by atoms with Crippen LogP contribution < -0.4 is 4.72 Å². The molecule has 0 aliphatic carbocycles. The van der Waals surface area contributed by atoms with E-state index in [9.17, 15) is 13.4 Å². The first-order valence-corrected chi connectivity index (χ1v) is 4.84. The highest BCUT2D eigenvalue weighted by Gasteiger charge is 2.18. The quantitative estimate of drug-likeness (QED) is 0.770. The van der Waals surface area contributed by atoms with Gasteiger partial charge in [-0.1, -0.05) is 0 Å². The predicted molar refractivity (Wildman–Crippen MR) is 45.4 cm³/mol. The van der Waals surface area contributed by atoms with E-state index in [2.05, 4.69) is 5.10 Å². The fraction of sp³-hybridized carbons (Fsp3) is 0.333. The molecule has 0 aliphatic rings. The summed E-state index contributed by atoms with van der Waals surface area (Å²) in [7, 11) is -2.13. The summed E-state index contributed by atoms with van der Waals surface area (Å²) in [6.07, 6.45) is -0.591. The number of aryl methyl sites for hydroxylation is 1. The molecule has 1 unspecified atom stereocenters. The minimum atomic E-state index is -2.13. The van der Waals surface area contributed by atoms with Crippen LogP contribution in [0.25, 0.3) is 0 Å². The Bertz CT molecular complexity index is 378. The van der Waals surface area contributed by atoms with Crippen LogP contribution >= 0.6 is 0 Å². The minimum absolute atomic E-state index is 0.269. The smallest absolute Gasteiger partial charge is 0.416 e. The first kappa shape index (κ1) is 10.6. The molecule has 1 rings (SSSR count). The fourth-order valence-corrected chi connectivity index (χ4v) is 1.74. The molecule has 0 saturated carbocycles. The second kappa shape index (κ2) is 4.18. The van der Waals surface area contributed by atoms with Crippen molar-refractivity contribution in [3.05, 3.63) is 12.0 Å². The van der Waals surface area contributed by atoms with Gasteiger partial charge in [0.2, 0.25) is 0 Å². The van der Waals surface area contributed by atoms with Gasteiger partial charge in [-0.05, 0) is 6.92 Å². The van der Waals surface area contributed by atoms with Crippen molar-refractivity contribution in [3.8, 4) is 0 Å². The van der Waals surface area contributed by atoms with Crippen molar-refractivity contribution >= 4 is 17.1 Å². The van der Waals surface area contributed by atoms with Crippen molar-refractivity contribution in [2.75, 3.05) is 0 Å². The maximum absolute atomic E-state index is 13.0. The van der Waals surface area contributed by atoms with Gasteiger partial charge in [-0.15, -0.1) is 0 Å². The van der Waals surface area contributed by atoms with Gasteiger partial charge in [0.1, 0.15) is 0 Å². The van der Waals surface area contributed by atoms with Crippen LogP contribution in [-0.4, -0.2) is 25.2 Å². The molecule has 0 aliphatic heterocycles. The molecule has 0 bridgehead atoms. The lowest BCUT2D eigenvalue weighted by molar-refractivity contribution is 0.201. The van der Waals surface area contributed by atoms with E-state index in [4.69, 9.17) is 5.11 Å². The molecular formula is C6H8FN3O3S. The zero-order chi connectivity index (χ0) is 10.7. The van der Waals surface area contributed by atoms with Crippen LogP contribution in [0, 0.1) is 5.82 Å². The van der Waals surface area contributed by atoms with Crippen LogP contribution in [0.1, 0.15) is 6.92 Å². The van der Waals surface area contributed by atoms with Gasteiger partial charge in [0.05, 0.1) is 6.20 Å². The minimum Gasteiger partial charge on any atom is -0.464 e. The van der Waals surface area contributed by atoms with Crippen LogP contribution in [0.2, 0.25) is 0 Å². The van der Waals surface area contributed by atoms with Crippen molar-refractivity contribution in [1.82, 2.24) is 14.5 Å². The average Bonchev–Trinajstić information content (AvgIpc) is 2.45. The Kier molecular flexibility index (Phi) is 3.18. The number of hydrogen-bond acceptors (Lipinski definition) is 3. The Morgan fingerprint density at radius 3 is 3.00 bits per heavy atom. The van der Waals surface area contributed by atoms with Crippen LogP contribution in [0.5, 0.6) is 0 Å². The van der Waals surface area contributed by atoms with Gasteiger partial charge in [0.25, 0.3) is 0 Å². The average molecular weight is 221 g/mol. The molecule has 0 radical (unpaired) electrons. The first-order valence-electron chi connectivity index (χ1n) is 3.69. The summed E-state index contributed by atoms with van der Waals surface area (Å²) in [6.45, 7) is 1.99. The van der Waals surface area contributed by atoms with Gasteiger partial charge in [-0.2, -0.15) is 5.10 Å². The van der Waals surface area contributed by atoms with Crippen LogP contribution in [-0.2, 0) is 17.5 Å². The number of nitrogens with one attached hydrogen (secondary N) is 1. The molecule has 78 valence electrons. The van der Waals surface area contributed by atoms with E-state index < -0.39 is 22.9 Å². The van der Waals surface area contributed by atoms with Gasteiger partial charge in [0.15, 0.2) is 21.8 Å². The van der Waals surface area contributed by atoms with E-state index in [1.165, 1.54) is 0 Å². The molecule has 1 heterocycles. The molecule has 6 nitrogen and oxygen atoms in total. The predicted octanol–water partition coefficient (Wildman–Crippen LogP) is 0.332. The Morgan fingerprint density at radius 2 is 2.50 bits per heavy atom. The van der Waals surface area contributed by atoms with Crippen molar-refractivity contribution in [3.63, 3.8) is 0 Å². The van der Waals surface area contributed by atoms with Crippen molar-refractivity contribution in [2.45, 2.75) is 18.5 Å². The first-order chi connectivity index (χ1) is 6.56. The summed E-state index contributed by atoms with van der Waals surface area (Å²) in [6, 6.07) is 0. The Morgan fingerprint density at radius 1 is 1.86 bits per heavy atom. The van der Waals surface area contributed by atoms with Crippen LogP contribution in [0.3, 0.4) is 0 Å². The molecule has 1 amide bonds. The zero-order valence-electron chi connectivity index (χ0n) is 7.23. The zero-order valence-corrected chi connectivity index (χ0v) is 8.05. The molecule has 0 fully saturated rings. The molecule has 0 saturated heterocycles. The lowest BCUT2D eigenvalue weighted by Gasteiger charge is -2.03. The number of halogens is 1.